The normalized spacial score (nSPS) is 12.5. The van der Waals surface area contributed by atoms with Crippen molar-refractivity contribution in [3.05, 3.63) is 59.2 Å². The van der Waals surface area contributed by atoms with Crippen LogP contribution in [0.25, 0.3) is 0 Å². The number of hydrogen-bond donors (Lipinski definition) is 1. The van der Waals surface area contributed by atoms with Gasteiger partial charge in [-0.15, -0.1) is 0 Å². The van der Waals surface area contributed by atoms with Crippen LogP contribution >= 0.6 is 0 Å². The van der Waals surface area contributed by atoms with E-state index in [1.54, 1.807) is 0 Å². The third kappa shape index (κ3) is 4.08. The molecule has 1 atom stereocenters. The van der Waals surface area contributed by atoms with Gasteiger partial charge in [-0.1, -0.05) is 44.2 Å². The van der Waals surface area contributed by atoms with Crippen molar-refractivity contribution in [2.75, 3.05) is 0 Å². The minimum Gasteiger partial charge on any atom is -0.457 e. The first-order valence-corrected chi connectivity index (χ1v) is 7.59. The van der Waals surface area contributed by atoms with Crippen molar-refractivity contribution >= 4 is 0 Å². The molecule has 0 aliphatic heterocycles. The number of hydrogen-bond acceptors (Lipinski definition) is 2. The average Bonchev–Trinajstić information content (AvgIpc) is 2.40. The average molecular weight is 283 g/mol. The number of ether oxygens (including phenoxy) is 1. The summed E-state index contributed by atoms with van der Waals surface area (Å²) in [6.07, 6.45) is 0.818. The molecule has 0 fully saturated rings. The monoisotopic (exact) mass is 283 g/mol. The van der Waals surface area contributed by atoms with Gasteiger partial charge in [0.15, 0.2) is 0 Å². The topological polar surface area (TPSA) is 35.2 Å². The summed E-state index contributed by atoms with van der Waals surface area (Å²) in [4.78, 5) is 0. The van der Waals surface area contributed by atoms with Gasteiger partial charge in [-0.05, 0) is 55.0 Å². The predicted octanol–water partition coefficient (Wildman–Crippen LogP) is 4.80. The molecule has 0 aromatic heterocycles. The second-order valence-corrected chi connectivity index (χ2v) is 6.09. The fraction of sp³-hybridized carbons (Fsp3) is 0.368. The van der Waals surface area contributed by atoms with Crippen molar-refractivity contribution in [3.63, 3.8) is 0 Å². The number of nitrogens with two attached hydrogens (primary N) is 1. The number of para-hydroxylation sites is 1. The Balaban J connectivity index is 2.36. The van der Waals surface area contributed by atoms with Crippen LogP contribution < -0.4 is 10.5 Å². The Labute approximate surface area is 127 Å². The highest BCUT2D eigenvalue weighted by Gasteiger charge is 2.12. The Kier molecular flexibility index (Phi) is 5.03. The maximum Gasteiger partial charge on any atom is 0.131 e. The molecule has 2 aromatic rings. The summed E-state index contributed by atoms with van der Waals surface area (Å²) in [5, 5.41) is 0. The third-order valence-corrected chi connectivity index (χ3v) is 3.53. The van der Waals surface area contributed by atoms with Gasteiger partial charge < -0.3 is 10.5 Å². The van der Waals surface area contributed by atoms with Crippen LogP contribution in [0.3, 0.4) is 0 Å². The zero-order valence-corrected chi connectivity index (χ0v) is 13.4. The number of benzene rings is 2. The lowest BCUT2D eigenvalue weighted by atomic mass is 10.0. The molecule has 1 unspecified atom stereocenters. The van der Waals surface area contributed by atoms with Crippen LogP contribution in [-0.2, 0) is 6.42 Å². The Morgan fingerprint density at radius 1 is 1.00 bits per heavy atom. The van der Waals surface area contributed by atoms with Crippen molar-refractivity contribution in [2.45, 2.75) is 46.1 Å². The minimum absolute atomic E-state index is 0.122. The van der Waals surface area contributed by atoms with E-state index in [-0.39, 0.29) is 6.04 Å². The molecule has 0 spiro atoms. The quantitative estimate of drug-likeness (QED) is 0.855. The van der Waals surface area contributed by atoms with Gasteiger partial charge in [0.05, 0.1) is 0 Å². The first kappa shape index (κ1) is 15.6. The number of rotatable bonds is 5. The van der Waals surface area contributed by atoms with Gasteiger partial charge in [0.1, 0.15) is 11.5 Å². The zero-order chi connectivity index (χ0) is 15.4. The Hall–Kier alpha value is -1.80. The fourth-order valence-corrected chi connectivity index (χ4v) is 2.44. The molecule has 2 heteroatoms. The molecule has 0 bridgehead atoms. The Bertz CT molecular complexity index is 602. The minimum atomic E-state index is 0.122. The molecular weight excluding hydrogens is 258 g/mol. The van der Waals surface area contributed by atoms with Crippen molar-refractivity contribution in [1.82, 2.24) is 0 Å². The second-order valence-electron chi connectivity index (χ2n) is 6.09. The molecular formula is C19H25NO. The smallest absolute Gasteiger partial charge is 0.131 e. The van der Waals surface area contributed by atoms with Gasteiger partial charge >= 0.3 is 0 Å². The van der Waals surface area contributed by atoms with Crippen molar-refractivity contribution in [1.29, 1.82) is 0 Å². The molecule has 0 saturated carbocycles. The summed E-state index contributed by atoms with van der Waals surface area (Å²) < 4.78 is 6.23. The Morgan fingerprint density at radius 3 is 2.38 bits per heavy atom. The van der Waals surface area contributed by atoms with Crippen LogP contribution in [0.2, 0.25) is 0 Å². The van der Waals surface area contributed by atoms with E-state index in [0.717, 1.165) is 23.5 Å². The summed E-state index contributed by atoms with van der Waals surface area (Å²) >= 11 is 0. The molecule has 0 aliphatic rings. The lowest BCUT2D eigenvalue weighted by Crippen LogP contribution is -2.18. The first-order chi connectivity index (χ1) is 9.97. The molecule has 2 rings (SSSR count). The van der Waals surface area contributed by atoms with Gasteiger partial charge in [-0.2, -0.15) is 0 Å². The van der Waals surface area contributed by atoms with Gasteiger partial charge in [0, 0.05) is 6.04 Å². The second kappa shape index (κ2) is 6.77. The standard InChI is InChI=1S/C19H25NO/c1-13(2)17-10-9-14(3)11-19(17)21-18-8-6-5-7-16(18)12-15(4)20/h5-11,13,15H,12,20H2,1-4H3. The summed E-state index contributed by atoms with van der Waals surface area (Å²) in [5.41, 5.74) is 9.53. The van der Waals surface area contributed by atoms with E-state index in [4.69, 9.17) is 10.5 Å². The van der Waals surface area contributed by atoms with Crippen LogP contribution in [0, 0.1) is 6.92 Å². The van der Waals surface area contributed by atoms with Crippen molar-refractivity contribution in [3.8, 4) is 11.5 Å². The molecule has 2 nitrogen and oxygen atoms in total. The first-order valence-electron chi connectivity index (χ1n) is 7.59. The van der Waals surface area contributed by atoms with Crippen molar-refractivity contribution in [2.24, 2.45) is 5.73 Å². The van der Waals surface area contributed by atoms with Gasteiger partial charge in [-0.25, -0.2) is 0 Å². The molecule has 0 heterocycles. The molecule has 2 N–H and O–H groups in total. The van der Waals surface area contributed by atoms with E-state index >= 15 is 0 Å². The largest absolute Gasteiger partial charge is 0.457 e. The molecule has 0 amide bonds. The molecule has 112 valence electrons. The summed E-state index contributed by atoms with van der Waals surface area (Å²) in [6, 6.07) is 14.7. The lowest BCUT2D eigenvalue weighted by molar-refractivity contribution is 0.464. The highest BCUT2D eigenvalue weighted by atomic mass is 16.5. The highest BCUT2D eigenvalue weighted by Crippen LogP contribution is 2.33. The van der Waals surface area contributed by atoms with Crippen LogP contribution in [0.5, 0.6) is 11.5 Å². The maximum absolute atomic E-state index is 6.23. The van der Waals surface area contributed by atoms with Crippen LogP contribution in [0.1, 0.15) is 43.4 Å². The van der Waals surface area contributed by atoms with Gasteiger partial charge in [-0.3, -0.25) is 0 Å². The van der Waals surface area contributed by atoms with Crippen LogP contribution in [0.15, 0.2) is 42.5 Å². The van der Waals surface area contributed by atoms with E-state index in [1.165, 1.54) is 11.1 Å². The van der Waals surface area contributed by atoms with E-state index in [9.17, 15) is 0 Å². The zero-order valence-electron chi connectivity index (χ0n) is 13.4. The van der Waals surface area contributed by atoms with E-state index in [0.29, 0.717) is 5.92 Å². The van der Waals surface area contributed by atoms with E-state index < -0.39 is 0 Å². The number of aryl methyl sites for hydroxylation is 1. The van der Waals surface area contributed by atoms with Gasteiger partial charge in [0.2, 0.25) is 0 Å². The fourth-order valence-electron chi connectivity index (χ4n) is 2.44. The maximum atomic E-state index is 6.23. The summed E-state index contributed by atoms with van der Waals surface area (Å²) in [7, 11) is 0. The van der Waals surface area contributed by atoms with Crippen molar-refractivity contribution < 1.29 is 4.74 Å². The van der Waals surface area contributed by atoms with E-state index in [1.807, 2.05) is 25.1 Å². The predicted molar refractivity (Wildman–Crippen MR) is 89.1 cm³/mol. The Morgan fingerprint density at radius 2 is 1.71 bits per heavy atom. The highest BCUT2D eigenvalue weighted by molar-refractivity contribution is 5.44. The van der Waals surface area contributed by atoms with Crippen LogP contribution in [0.4, 0.5) is 0 Å². The van der Waals surface area contributed by atoms with Gasteiger partial charge in [0.25, 0.3) is 0 Å². The lowest BCUT2D eigenvalue weighted by Gasteiger charge is -2.17. The van der Waals surface area contributed by atoms with Crippen LogP contribution in [-0.4, -0.2) is 6.04 Å². The molecule has 0 radical (unpaired) electrons. The summed E-state index contributed by atoms with van der Waals surface area (Å²) in [6.45, 7) is 8.48. The van der Waals surface area contributed by atoms with E-state index in [2.05, 4.69) is 45.0 Å². The summed E-state index contributed by atoms with van der Waals surface area (Å²) in [5.74, 6) is 2.28. The SMILES string of the molecule is Cc1ccc(C(C)C)c(Oc2ccccc2CC(C)N)c1. The molecule has 21 heavy (non-hydrogen) atoms. The molecule has 2 aromatic carbocycles. The third-order valence-electron chi connectivity index (χ3n) is 3.53. The molecule has 0 saturated heterocycles. The molecule has 0 aliphatic carbocycles.